The first kappa shape index (κ1) is 11.5. The minimum atomic E-state index is -3.63. The number of hydrogen-bond donors (Lipinski definition) is 3. The molecule has 17 heavy (non-hydrogen) atoms. The average molecular weight is 252 g/mol. The molecule has 1 aromatic heterocycles. The third kappa shape index (κ3) is 2.56. The van der Waals surface area contributed by atoms with Crippen molar-refractivity contribution in [2.24, 2.45) is 0 Å². The molecule has 0 aliphatic heterocycles. The Morgan fingerprint density at radius 1 is 1.41 bits per heavy atom. The summed E-state index contributed by atoms with van der Waals surface area (Å²) in [6, 6.07) is 6.52. The highest BCUT2D eigenvalue weighted by molar-refractivity contribution is 7.92. The van der Waals surface area contributed by atoms with Crippen LogP contribution in [0.4, 0.5) is 11.4 Å². The predicted molar refractivity (Wildman–Crippen MR) is 65.0 cm³/mol. The zero-order valence-corrected chi connectivity index (χ0v) is 9.95. The maximum atomic E-state index is 11.9. The number of aromatic amines is 1. The topological polar surface area (TPSA) is 101 Å². The number of aromatic nitrogens is 2. The van der Waals surface area contributed by atoms with E-state index in [1.807, 2.05) is 0 Å². The van der Waals surface area contributed by atoms with Gasteiger partial charge in [0.05, 0.1) is 11.9 Å². The molecule has 1 heterocycles. The lowest BCUT2D eigenvalue weighted by Crippen LogP contribution is -2.13. The van der Waals surface area contributed by atoms with E-state index in [4.69, 9.17) is 5.73 Å². The number of rotatable bonds is 3. The van der Waals surface area contributed by atoms with E-state index < -0.39 is 10.0 Å². The van der Waals surface area contributed by atoms with E-state index in [1.54, 1.807) is 31.2 Å². The summed E-state index contributed by atoms with van der Waals surface area (Å²) in [5.41, 5.74) is 6.47. The molecule has 0 saturated heterocycles. The zero-order chi connectivity index (χ0) is 12.5. The Hall–Kier alpha value is -2.02. The molecule has 6 nitrogen and oxygen atoms in total. The van der Waals surface area contributed by atoms with Crippen molar-refractivity contribution in [1.82, 2.24) is 9.97 Å². The normalized spacial score (nSPS) is 11.4. The van der Waals surface area contributed by atoms with Crippen LogP contribution in [0.1, 0.15) is 5.82 Å². The molecule has 2 aromatic rings. The Bertz CT molecular complexity index is 633. The first-order chi connectivity index (χ1) is 7.97. The summed E-state index contributed by atoms with van der Waals surface area (Å²) in [6.45, 7) is 1.68. The number of hydrogen-bond acceptors (Lipinski definition) is 4. The average Bonchev–Trinajstić information content (AvgIpc) is 2.65. The summed E-state index contributed by atoms with van der Waals surface area (Å²) in [7, 11) is -3.63. The van der Waals surface area contributed by atoms with Crippen molar-refractivity contribution >= 4 is 21.4 Å². The van der Waals surface area contributed by atoms with Gasteiger partial charge in [0.2, 0.25) is 0 Å². The second-order valence-electron chi connectivity index (χ2n) is 3.56. The fourth-order valence-electron chi connectivity index (χ4n) is 1.35. The molecule has 4 N–H and O–H groups in total. The van der Waals surface area contributed by atoms with Gasteiger partial charge >= 0.3 is 0 Å². The lowest BCUT2D eigenvalue weighted by Gasteiger charge is -2.06. The lowest BCUT2D eigenvalue weighted by molar-refractivity contribution is 0.598. The molecule has 0 amide bonds. The number of nitrogens with two attached hydrogens (primary N) is 1. The summed E-state index contributed by atoms with van der Waals surface area (Å²) < 4.78 is 26.2. The molecule has 0 unspecified atom stereocenters. The molecule has 7 heteroatoms. The number of nitrogens with one attached hydrogen (secondary N) is 2. The highest BCUT2D eigenvalue weighted by Crippen LogP contribution is 2.16. The van der Waals surface area contributed by atoms with Crippen molar-refractivity contribution in [2.75, 3.05) is 10.5 Å². The largest absolute Gasteiger partial charge is 0.399 e. The number of anilines is 2. The summed E-state index contributed by atoms with van der Waals surface area (Å²) >= 11 is 0. The van der Waals surface area contributed by atoms with Crippen LogP contribution in [0.15, 0.2) is 35.5 Å². The highest BCUT2D eigenvalue weighted by Gasteiger charge is 2.16. The maximum Gasteiger partial charge on any atom is 0.278 e. The first-order valence-corrected chi connectivity index (χ1v) is 6.36. The van der Waals surface area contributed by atoms with Gasteiger partial charge in [0, 0.05) is 5.69 Å². The van der Waals surface area contributed by atoms with Crippen LogP contribution in [0.5, 0.6) is 0 Å². The molecule has 2 rings (SSSR count). The number of nitrogen functional groups attached to an aromatic ring is 1. The van der Waals surface area contributed by atoms with Gasteiger partial charge in [-0.25, -0.2) is 4.98 Å². The van der Waals surface area contributed by atoms with Gasteiger partial charge in [0.25, 0.3) is 10.0 Å². The number of nitrogens with zero attached hydrogens (tertiary/aromatic N) is 1. The van der Waals surface area contributed by atoms with E-state index in [-0.39, 0.29) is 5.03 Å². The molecule has 1 aromatic carbocycles. The number of H-pyrrole nitrogens is 1. The van der Waals surface area contributed by atoms with Gasteiger partial charge in [-0.1, -0.05) is 6.07 Å². The van der Waals surface area contributed by atoms with Crippen LogP contribution in [0.3, 0.4) is 0 Å². The third-order valence-electron chi connectivity index (χ3n) is 2.11. The molecule has 0 aliphatic rings. The van der Waals surface area contributed by atoms with E-state index in [0.717, 1.165) is 0 Å². The van der Waals surface area contributed by atoms with E-state index in [2.05, 4.69) is 14.7 Å². The fourth-order valence-corrected chi connectivity index (χ4v) is 2.37. The first-order valence-electron chi connectivity index (χ1n) is 4.87. The van der Waals surface area contributed by atoms with Crippen LogP contribution in [0.25, 0.3) is 0 Å². The van der Waals surface area contributed by atoms with Gasteiger partial charge in [-0.15, -0.1) is 0 Å². The van der Waals surface area contributed by atoms with Crippen LogP contribution in [-0.2, 0) is 10.0 Å². The molecule has 0 fully saturated rings. The number of sulfonamides is 1. The second kappa shape index (κ2) is 4.10. The van der Waals surface area contributed by atoms with Gasteiger partial charge in [-0.3, -0.25) is 4.72 Å². The van der Waals surface area contributed by atoms with Crippen LogP contribution >= 0.6 is 0 Å². The van der Waals surface area contributed by atoms with E-state index in [0.29, 0.717) is 17.2 Å². The molecule has 0 atom stereocenters. The van der Waals surface area contributed by atoms with E-state index in [1.165, 1.54) is 6.20 Å². The van der Waals surface area contributed by atoms with Crippen LogP contribution < -0.4 is 10.5 Å². The lowest BCUT2D eigenvalue weighted by atomic mass is 10.3. The zero-order valence-electron chi connectivity index (χ0n) is 9.14. The van der Waals surface area contributed by atoms with Gasteiger partial charge in [-0.2, -0.15) is 8.42 Å². The van der Waals surface area contributed by atoms with Crippen LogP contribution in [-0.4, -0.2) is 18.4 Å². The second-order valence-corrected chi connectivity index (χ2v) is 5.21. The van der Waals surface area contributed by atoms with Crippen LogP contribution in [0.2, 0.25) is 0 Å². The van der Waals surface area contributed by atoms with Gasteiger partial charge in [0.1, 0.15) is 5.82 Å². The molecule has 0 aliphatic carbocycles. The van der Waals surface area contributed by atoms with E-state index >= 15 is 0 Å². The fraction of sp³-hybridized carbons (Fsp3) is 0.100. The minimum Gasteiger partial charge on any atom is -0.399 e. The number of aryl methyl sites for hydroxylation is 1. The standard InChI is InChI=1S/C10H12N4O2S/c1-7-12-6-10(13-7)17(15,16)14-9-4-2-3-8(11)5-9/h2-6,14H,11H2,1H3,(H,12,13). The molecule has 0 radical (unpaired) electrons. The monoisotopic (exact) mass is 252 g/mol. The quantitative estimate of drug-likeness (QED) is 0.712. The van der Waals surface area contributed by atoms with Gasteiger partial charge in [-0.05, 0) is 25.1 Å². The molecular formula is C10H12N4O2S. The number of imidazole rings is 1. The van der Waals surface area contributed by atoms with Crippen molar-refractivity contribution in [2.45, 2.75) is 11.9 Å². The van der Waals surface area contributed by atoms with Gasteiger partial charge < -0.3 is 10.7 Å². The molecule has 90 valence electrons. The summed E-state index contributed by atoms with van der Waals surface area (Å²) in [4.78, 5) is 6.50. The minimum absolute atomic E-state index is 0.0254. The van der Waals surface area contributed by atoms with Gasteiger partial charge in [0.15, 0.2) is 5.03 Å². The summed E-state index contributed by atoms with van der Waals surface area (Å²) in [6.07, 6.45) is 1.27. The number of benzene rings is 1. The Morgan fingerprint density at radius 3 is 2.76 bits per heavy atom. The molecule has 0 saturated carbocycles. The van der Waals surface area contributed by atoms with Crippen molar-refractivity contribution < 1.29 is 8.42 Å². The highest BCUT2D eigenvalue weighted by atomic mass is 32.2. The van der Waals surface area contributed by atoms with Crippen molar-refractivity contribution in [3.05, 3.63) is 36.3 Å². The molecule has 0 spiro atoms. The predicted octanol–water partition coefficient (Wildman–Crippen LogP) is 1.10. The maximum absolute atomic E-state index is 11.9. The molecule has 0 bridgehead atoms. The van der Waals surface area contributed by atoms with Crippen molar-refractivity contribution in [1.29, 1.82) is 0 Å². The van der Waals surface area contributed by atoms with Crippen molar-refractivity contribution in [3.63, 3.8) is 0 Å². The van der Waals surface area contributed by atoms with Crippen molar-refractivity contribution in [3.8, 4) is 0 Å². The summed E-state index contributed by atoms with van der Waals surface area (Å²) in [5.74, 6) is 0.540. The summed E-state index contributed by atoms with van der Waals surface area (Å²) in [5, 5.41) is 0.0254. The Labute approximate surface area is 98.9 Å². The smallest absolute Gasteiger partial charge is 0.278 e. The Morgan fingerprint density at radius 2 is 2.18 bits per heavy atom. The van der Waals surface area contributed by atoms with E-state index in [9.17, 15) is 8.42 Å². The Kier molecular flexibility index (Phi) is 2.76. The Balaban J connectivity index is 2.29. The van der Waals surface area contributed by atoms with Crippen LogP contribution in [0, 0.1) is 6.92 Å². The third-order valence-corrected chi connectivity index (χ3v) is 3.40. The molecular weight excluding hydrogens is 240 g/mol. The SMILES string of the molecule is Cc1ncc(S(=O)(=O)Nc2cccc(N)c2)[nH]1.